The second-order valence-corrected chi connectivity index (χ2v) is 8.04. The predicted octanol–water partition coefficient (Wildman–Crippen LogP) is 0.975. The maximum Gasteiger partial charge on any atom is 0.191 e. The van der Waals surface area contributed by atoms with Crippen molar-refractivity contribution in [2.75, 3.05) is 72.6 Å². The number of rotatable bonds is 8. The minimum absolute atomic E-state index is 0. The number of nitrogens with one attached hydrogen (secondary N) is 2. The fourth-order valence-corrected chi connectivity index (χ4v) is 3.63. The number of ether oxygens (including phenoxy) is 1. The first-order chi connectivity index (χ1) is 12.5. The molecule has 2 aliphatic rings. The molecule has 2 saturated heterocycles. The first-order valence-corrected chi connectivity index (χ1v) is 10.2. The van der Waals surface area contributed by atoms with Crippen LogP contribution in [0.4, 0.5) is 0 Å². The normalized spacial score (nSPS) is 22.7. The van der Waals surface area contributed by atoms with Crippen molar-refractivity contribution in [3.63, 3.8) is 0 Å². The molecule has 160 valence electrons. The van der Waals surface area contributed by atoms with E-state index in [2.05, 4.69) is 39.4 Å². The Labute approximate surface area is 182 Å². The fraction of sp³-hybridized carbons (Fsp3) is 0.947. The summed E-state index contributed by atoms with van der Waals surface area (Å²) in [6, 6.07) is 0. The molecule has 7 nitrogen and oxygen atoms in total. The van der Waals surface area contributed by atoms with E-state index < -0.39 is 5.60 Å². The van der Waals surface area contributed by atoms with E-state index in [4.69, 9.17) is 4.74 Å². The smallest absolute Gasteiger partial charge is 0.191 e. The van der Waals surface area contributed by atoms with Crippen molar-refractivity contribution in [2.45, 2.75) is 38.7 Å². The Kier molecular flexibility index (Phi) is 12.1. The van der Waals surface area contributed by atoms with Gasteiger partial charge in [-0.3, -0.25) is 9.89 Å². The van der Waals surface area contributed by atoms with Crippen LogP contribution in [0.3, 0.4) is 0 Å². The lowest BCUT2D eigenvalue weighted by Crippen LogP contribution is -2.48. The number of β-amino-alcohol motifs (C(OH)–C–C–N with tert-alkyl or cyclic N) is 1. The van der Waals surface area contributed by atoms with Gasteiger partial charge in [-0.05, 0) is 59.2 Å². The first-order valence-electron chi connectivity index (χ1n) is 10.2. The molecule has 0 aromatic carbocycles. The first kappa shape index (κ1) is 24.9. The summed E-state index contributed by atoms with van der Waals surface area (Å²) in [7, 11) is 2.20. The van der Waals surface area contributed by atoms with Crippen molar-refractivity contribution in [1.29, 1.82) is 0 Å². The Morgan fingerprint density at radius 2 is 1.85 bits per heavy atom. The van der Waals surface area contributed by atoms with E-state index in [9.17, 15) is 5.11 Å². The molecule has 0 aromatic rings. The van der Waals surface area contributed by atoms with Gasteiger partial charge in [-0.25, -0.2) is 0 Å². The molecule has 3 N–H and O–H groups in total. The highest BCUT2D eigenvalue weighted by atomic mass is 127. The van der Waals surface area contributed by atoms with Gasteiger partial charge in [-0.2, -0.15) is 0 Å². The number of likely N-dealkylation sites (tertiary alicyclic amines) is 1. The number of piperidine rings is 1. The maximum absolute atomic E-state index is 10.7. The number of guanidine groups is 1. The summed E-state index contributed by atoms with van der Waals surface area (Å²) >= 11 is 0. The van der Waals surface area contributed by atoms with Gasteiger partial charge in [0.25, 0.3) is 0 Å². The second-order valence-electron chi connectivity index (χ2n) is 8.04. The van der Waals surface area contributed by atoms with Gasteiger partial charge in [-0.1, -0.05) is 0 Å². The van der Waals surface area contributed by atoms with Crippen molar-refractivity contribution >= 4 is 29.9 Å². The summed E-state index contributed by atoms with van der Waals surface area (Å²) in [5.74, 6) is 1.62. The van der Waals surface area contributed by atoms with Gasteiger partial charge in [0, 0.05) is 32.7 Å². The van der Waals surface area contributed by atoms with Gasteiger partial charge in [0.05, 0.1) is 25.4 Å². The molecular formula is C19H40IN5O2. The molecule has 27 heavy (non-hydrogen) atoms. The number of morpholine rings is 1. The molecule has 2 aliphatic heterocycles. The molecule has 0 radical (unpaired) electrons. The quantitative estimate of drug-likeness (QED) is 0.264. The summed E-state index contributed by atoms with van der Waals surface area (Å²) in [5.41, 5.74) is -0.826. The van der Waals surface area contributed by atoms with Crippen LogP contribution >= 0.6 is 24.0 Å². The van der Waals surface area contributed by atoms with Gasteiger partial charge >= 0.3 is 0 Å². The van der Waals surface area contributed by atoms with Crippen LogP contribution in [0, 0.1) is 5.92 Å². The van der Waals surface area contributed by atoms with E-state index in [0.29, 0.717) is 13.1 Å². The Morgan fingerprint density at radius 3 is 2.48 bits per heavy atom. The van der Waals surface area contributed by atoms with Crippen molar-refractivity contribution in [3.05, 3.63) is 0 Å². The SMILES string of the molecule is CCNC(=NCC(C)(O)CN1CCOCC1)NCCC1CCN(C)CC1.I. The van der Waals surface area contributed by atoms with Crippen LogP contribution in [0.15, 0.2) is 4.99 Å². The van der Waals surface area contributed by atoms with E-state index in [0.717, 1.165) is 51.3 Å². The minimum Gasteiger partial charge on any atom is -0.387 e. The third-order valence-corrected chi connectivity index (χ3v) is 5.27. The van der Waals surface area contributed by atoms with Gasteiger partial charge in [0.2, 0.25) is 0 Å². The number of aliphatic imine (C=N–C) groups is 1. The van der Waals surface area contributed by atoms with Crippen LogP contribution in [-0.2, 0) is 4.74 Å². The monoisotopic (exact) mass is 497 g/mol. The minimum atomic E-state index is -0.826. The Balaban J connectivity index is 0.00000364. The van der Waals surface area contributed by atoms with Gasteiger partial charge in [0.1, 0.15) is 0 Å². The predicted molar refractivity (Wildman–Crippen MR) is 122 cm³/mol. The van der Waals surface area contributed by atoms with Crippen molar-refractivity contribution in [3.8, 4) is 0 Å². The summed E-state index contributed by atoms with van der Waals surface area (Å²) < 4.78 is 5.37. The van der Waals surface area contributed by atoms with Crippen LogP contribution in [0.5, 0.6) is 0 Å². The van der Waals surface area contributed by atoms with Crippen molar-refractivity contribution in [2.24, 2.45) is 10.9 Å². The van der Waals surface area contributed by atoms with E-state index >= 15 is 0 Å². The third-order valence-electron chi connectivity index (χ3n) is 5.27. The average Bonchev–Trinajstić information content (AvgIpc) is 2.62. The molecule has 2 rings (SSSR count). The highest BCUT2D eigenvalue weighted by Gasteiger charge is 2.25. The zero-order valence-electron chi connectivity index (χ0n) is 17.4. The number of hydrogen-bond acceptors (Lipinski definition) is 5. The summed E-state index contributed by atoms with van der Waals surface area (Å²) in [5, 5.41) is 17.4. The summed E-state index contributed by atoms with van der Waals surface area (Å²) in [6.45, 7) is 12.4. The average molecular weight is 497 g/mol. The van der Waals surface area contributed by atoms with Crippen molar-refractivity contribution in [1.82, 2.24) is 20.4 Å². The lowest BCUT2D eigenvalue weighted by Gasteiger charge is -2.33. The standard InChI is InChI=1S/C19H39N5O2.HI/c1-4-20-18(21-8-5-17-6-9-23(3)10-7-17)22-15-19(2,25)16-24-11-13-26-14-12-24;/h17,25H,4-16H2,1-3H3,(H2,20,21,22);1H. The Morgan fingerprint density at radius 1 is 1.19 bits per heavy atom. The van der Waals surface area contributed by atoms with E-state index in [1.165, 1.54) is 32.4 Å². The molecule has 2 heterocycles. The fourth-order valence-electron chi connectivity index (χ4n) is 3.63. The van der Waals surface area contributed by atoms with E-state index in [1.54, 1.807) is 0 Å². The lowest BCUT2D eigenvalue weighted by atomic mass is 9.94. The molecule has 8 heteroatoms. The summed E-state index contributed by atoms with van der Waals surface area (Å²) in [6.07, 6.45) is 3.77. The highest BCUT2D eigenvalue weighted by Crippen LogP contribution is 2.18. The topological polar surface area (TPSA) is 72.4 Å². The van der Waals surface area contributed by atoms with E-state index in [-0.39, 0.29) is 24.0 Å². The third kappa shape index (κ3) is 10.3. The van der Waals surface area contributed by atoms with Gasteiger partial charge < -0.3 is 25.4 Å². The molecule has 0 aliphatic carbocycles. The number of aliphatic hydroxyl groups is 1. The molecule has 0 bridgehead atoms. The van der Waals surface area contributed by atoms with Crippen molar-refractivity contribution < 1.29 is 9.84 Å². The highest BCUT2D eigenvalue weighted by molar-refractivity contribution is 14.0. The Bertz CT molecular complexity index is 422. The summed E-state index contributed by atoms with van der Waals surface area (Å²) in [4.78, 5) is 9.28. The second kappa shape index (κ2) is 13.1. The largest absolute Gasteiger partial charge is 0.387 e. The maximum atomic E-state index is 10.7. The van der Waals surface area contributed by atoms with E-state index in [1.807, 2.05) is 6.92 Å². The van der Waals surface area contributed by atoms with Gasteiger partial charge in [0.15, 0.2) is 5.96 Å². The zero-order valence-corrected chi connectivity index (χ0v) is 19.7. The molecule has 0 amide bonds. The van der Waals surface area contributed by atoms with Crippen LogP contribution in [0.1, 0.15) is 33.1 Å². The molecule has 0 spiro atoms. The van der Waals surface area contributed by atoms with Crippen LogP contribution in [-0.4, -0.2) is 99.1 Å². The number of halogens is 1. The lowest BCUT2D eigenvalue weighted by molar-refractivity contribution is -0.0180. The Hall–Kier alpha value is -0.160. The van der Waals surface area contributed by atoms with Crippen LogP contribution in [0.2, 0.25) is 0 Å². The van der Waals surface area contributed by atoms with Crippen LogP contribution in [0.25, 0.3) is 0 Å². The number of nitrogens with zero attached hydrogens (tertiary/aromatic N) is 3. The number of hydrogen-bond donors (Lipinski definition) is 3. The molecule has 0 aromatic heterocycles. The molecule has 1 atom stereocenters. The van der Waals surface area contributed by atoms with Crippen LogP contribution < -0.4 is 10.6 Å². The molecule has 0 saturated carbocycles. The molecular weight excluding hydrogens is 457 g/mol. The molecule has 2 fully saturated rings. The zero-order chi connectivity index (χ0) is 18.8. The van der Waals surface area contributed by atoms with Gasteiger partial charge in [-0.15, -0.1) is 24.0 Å². The molecule has 1 unspecified atom stereocenters.